The Morgan fingerprint density at radius 3 is 3.35 bits per heavy atom. The lowest BCUT2D eigenvalue weighted by atomic mass is 10.00. The zero-order valence-electron chi connectivity index (χ0n) is 9.80. The molecule has 6 nitrogen and oxygen atoms in total. The zero-order chi connectivity index (χ0) is 11.7. The molecule has 0 radical (unpaired) electrons. The van der Waals surface area contributed by atoms with Crippen LogP contribution >= 0.6 is 0 Å². The molecule has 2 unspecified atom stereocenters. The molecule has 2 aromatic rings. The smallest absolute Gasteiger partial charge is 0.203 e. The number of rotatable bonds is 2. The predicted molar refractivity (Wildman–Crippen MR) is 64.9 cm³/mol. The van der Waals surface area contributed by atoms with Crippen molar-refractivity contribution in [3.8, 4) is 0 Å². The molecule has 0 aromatic carbocycles. The molecular formula is C11H16N6. The maximum atomic E-state index is 4.35. The summed E-state index contributed by atoms with van der Waals surface area (Å²) in [5.74, 6) is 0.811. The lowest BCUT2D eigenvalue weighted by Crippen LogP contribution is -2.46. The van der Waals surface area contributed by atoms with Crippen molar-refractivity contribution >= 4 is 11.5 Å². The quantitative estimate of drug-likeness (QED) is 0.797. The van der Waals surface area contributed by atoms with Crippen molar-refractivity contribution in [2.45, 2.75) is 31.8 Å². The van der Waals surface area contributed by atoms with E-state index in [2.05, 4.69) is 32.7 Å². The third kappa shape index (κ3) is 1.95. The van der Waals surface area contributed by atoms with Gasteiger partial charge in [-0.1, -0.05) is 0 Å². The van der Waals surface area contributed by atoms with Crippen molar-refractivity contribution in [3.63, 3.8) is 0 Å². The van der Waals surface area contributed by atoms with Crippen LogP contribution in [0, 0.1) is 0 Å². The van der Waals surface area contributed by atoms with Gasteiger partial charge in [0.2, 0.25) is 5.65 Å². The average molecular weight is 232 g/mol. The van der Waals surface area contributed by atoms with E-state index in [9.17, 15) is 0 Å². The summed E-state index contributed by atoms with van der Waals surface area (Å²) in [6, 6.07) is 0.855. The fourth-order valence-electron chi connectivity index (χ4n) is 2.28. The summed E-state index contributed by atoms with van der Waals surface area (Å²) >= 11 is 0. The topological polar surface area (TPSA) is 67.1 Å². The van der Waals surface area contributed by atoms with Crippen LogP contribution in [-0.2, 0) is 0 Å². The van der Waals surface area contributed by atoms with Crippen molar-refractivity contribution in [1.29, 1.82) is 0 Å². The minimum absolute atomic E-state index is 0.402. The number of hydrogen-bond acceptors (Lipinski definition) is 5. The van der Waals surface area contributed by atoms with Crippen LogP contribution in [0.5, 0.6) is 0 Å². The van der Waals surface area contributed by atoms with Crippen LogP contribution in [0.2, 0.25) is 0 Å². The first-order chi connectivity index (χ1) is 8.34. The van der Waals surface area contributed by atoms with E-state index in [0.29, 0.717) is 12.1 Å². The lowest BCUT2D eigenvalue weighted by Gasteiger charge is -2.30. The van der Waals surface area contributed by atoms with Gasteiger partial charge in [0, 0.05) is 24.5 Å². The molecule has 0 saturated carbocycles. The van der Waals surface area contributed by atoms with Gasteiger partial charge in [-0.15, -0.1) is 10.2 Å². The molecule has 1 saturated heterocycles. The summed E-state index contributed by atoms with van der Waals surface area (Å²) in [7, 11) is 0. The number of piperidine rings is 1. The molecule has 0 aliphatic carbocycles. The van der Waals surface area contributed by atoms with Crippen LogP contribution in [0.3, 0.4) is 0 Å². The predicted octanol–water partition coefficient (Wildman–Crippen LogP) is 0.677. The van der Waals surface area contributed by atoms with Crippen LogP contribution < -0.4 is 10.6 Å². The molecule has 1 aliphatic heterocycles. The molecule has 3 rings (SSSR count). The van der Waals surface area contributed by atoms with Crippen LogP contribution in [0.25, 0.3) is 5.65 Å². The van der Waals surface area contributed by atoms with Crippen LogP contribution in [0.4, 0.5) is 5.82 Å². The Morgan fingerprint density at radius 2 is 2.47 bits per heavy atom. The third-order valence-corrected chi connectivity index (χ3v) is 3.30. The standard InChI is InChI=1S/C11H16N6/c1-8-9(3-2-4-12-8)15-10-11-16-14-7-17(11)6-5-13-10/h5-9,12H,2-4H2,1H3,(H,13,15). The molecular weight excluding hydrogens is 216 g/mol. The highest BCUT2D eigenvalue weighted by atomic mass is 15.3. The zero-order valence-corrected chi connectivity index (χ0v) is 9.80. The third-order valence-electron chi connectivity index (χ3n) is 3.30. The van der Waals surface area contributed by atoms with Gasteiger partial charge in [-0.2, -0.15) is 0 Å². The minimum atomic E-state index is 0.402. The minimum Gasteiger partial charge on any atom is -0.363 e. The largest absolute Gasteiger partial charge is 0.363 e. The summed E-state index contributed by atoms with van der Waals surface area (Å²) < 4.78 is 1.87. The maximum absolute atomic E-state index is 4.35. The Hall–Kier alpha value is -1.69. The lowest BCUT2D eigenvalue weighted by molar-refractivity contribution is 0.389. The Morgan fingerprint density at radius 1 is 1.53 bits per heavy atom. The molecule has 1 aliphatic rings. The molecule has 2 atom stereocenters. The Kier molecular flexibility index (Phi) is 2.64. The number of hydrogen-bond donors (Lipinski definition) is 2. The second-order valence-electron chi connectivity index (χ2n) is 4.47. The van der Waals surface area contributed by atoms with Crippen molar-refractivity contribution in [2.75, 3.05) is 11.9 Å². The first kappa shape index (κ1) is 10.5. The molecule has 17 heavy (non-hydrogen) atoms. The Bertz CT molecular complexity index is 507. The molecule has 2 N–H and O–H groups in total. The summed E-state index contributed by atoms with van der Waals surface area (Å²) in [6.07, 6.45) is 7.65. The van der Waals surface area contributed by atoms with Gasteiger partial charge in [0.05, 0.1) is 0 Å². The molecule has 6 heteroatoms. The molecule has 90 valence electrons. The van der Waals surface area contributed by atoms with Gasteiger partial charge in [0.15, 0.2) is 5.82 Å². The normalized spacial score (nSPS) is 25.0. The van der Waals surface area contributed by atoms with Gasteiger partial charge in [0.25, 0.3) is 0 Å². The molecule has 0 bridgehead atoms. The summed E-state index contributed by atoms with van der Waals surface area (Å²) in [4.78, 5) is 4.35. The number of anilines is 1. The monoisotopic (exact) mass is 232 g/mol. The summed E-state index contributed by atoms with van der Waals surface area (Å²) in [5.41, 5.74) is 0.783. The van der Waals surface area contributed by atoms with Crippen molar-refractivity contribution < 1.29 is 0 Å². The highest BCUT2D eigenvalue weighted by Gasteiger charge is 2.21. The number of fused-ring (bicyclic) bond motifs is 1. The first-order valence-corrected chi connectivity index (χ1v) is 5.99. The van der Waals surface area contributed by atoms with E-state index in [1.54, 1.807) is 12.5 Å². The molecule has 0 amide bonds. The Balaban J connectivity index is 1.86. The SMILES string of the molecule is CC1NCCCC1Nc1nccn2cnnc12. The van der Waals surface area contributed by atoms with Crippen LogP contribution in [0.15, 0.2) is 18.7 Å². The van der Waals surface area contributed by atoms with Crippen LogP contribution in [0.1, 0.15) is 19.8 Å². The highest BCUT2D eigenvalue weighted by Crippen LogP contribution is 2.16. The molecule has 1 fully saturated rings. The van der Waals surface area contributed by atoms with E-state index in [0.717, 1.165) is 24.4 Å². The summed E-state index contributed by atoms with van der Waals surface area (Å²) in [5, 5.41) is 14.9. The number of nitrogens with one attached hydrogen (secondary N) is 2. The molecule has 3 heterocycles. The maximum Gasteiger partial charge on any atom is 0.203 e. The molecule has 2 aromatic heterocycles. The van der Waals surface area contributed by atoms with Gasteiger partial charge < -0.3 is 10.6 Å². The number of nitrogens with zero attached hydrogens (tertiary/aromatic N) is 4. The van der Waals surface area contributed by atoms with E-state index in [1.165, 1.54) is 6.42 Å². The Labute approximate surface area is 99.5 Å². The first-order valence-electron chi connectivity index (χ1n) is 5.99. The van der Waals surface area contributed by atoms with Crippen LogP contribution in [-0.4, -0.2) is 38.2 Å². The second-order valence-corrected chi connectivity index (χ2v) is 4.47. The van der Waals surface area contributed by atoms with Crippen molar-refractivity contribution in [1.82, 2.24) is 24.9 Å². The van der Waals surface area contributed by atoms with Crippen molar-refractivity contribution in [2.24, 2.45) is 0 Å². The van der Waals surface area contributed by atoms with Gasteiger partial charge in [0.1, 0.15) is 6.33 Å². The molecule has 0 spiro atoms. The fraction of sp³-hybridized carbons (Fsp3) is 0.545. The van der Waals surface area contributed by atoms with E-state index in [1.807, 2.05) is 10.6 Å². The van der Waals surface area contributed by atoms with Gasteiger partial charge in [-0.05, 0) is 26.3 Å². The van der Waals surface area contributed by atoms with Gasteiger partial charge in [-0.3, -0.25) is 4.40 Å². The van der Waals surface area contributed by atoms with E-state index < -0.39 is 0 Å². The highest BCUT2D eigenvalue weighted by molar-refractivity contribution is 5.61. The number of aromatic nitrogens is 4. The second kappa shape index (κ2) is 4.29. The van der Waals surface area contributed by atoms with Gasteiger partial charge >= 0.3 is 0 Å². The average Bonchev–Trinajstić information content (AvgIpc) is 2.81. The van der Waals surface area contributed by atoms with Gasteiger partial charge in [-0.25, -0.2) is 4.98 Å². The van der Waals surface area contributed by atoms with E-state index >= 15 is 0 Å². The van der Waals surface area contributed by atoms with E-state index in [-0.39, 0.29) is 0 Å². The van der Waals surface area contributed by atoms with Crippen molar-refractivity contribution in [3.05, 3.63) is 18.7 Å². The summed E-state index contributed by atoms with van der Waals surface area (Å²) in [6.45, 7) is 3.29. The van der Waals surface area contributed by atoms with E-state index in [4.69, 9.17) is 0 Å². The fourth-order valence-corrected chi connectivity index (χ4v) is 2.28.